The molecular formula is C12H10N2O2. The maximum Gasteiger partial charge on any atom is 0.291 e. The summed E-state index contributed by atoms with van der Waals surface area (Å²) in [5.74, 6) is 0. The van der Waals surface area contributed by atoms with Crippen LogP contribution in [0.5, 0.6) is 0 Å². The Morgan fingerprint density at radius 2 is 1.88 bits per heavy atom. The predicted molar refractivity (Wildman–Crippen MR) is 60.1 cm³/mol. The lowest BCUT2D eigenvalue weighted by Gasteiger charge is -2.01. The van der Waals surface area contributed by atoms with Crippen molar-refractivity contribution >= 4 is 5.69 Å². The van der Waals surface area contributed by atoms with Crippen LogP contribution in [-0.4, -0.2) is 9.91 Å². The molecular weight excluding hydrogens is 204 g/mol. The number of rotatable bonds is 3. The Kier molecular flexibility index (Phi) is 2.91. The molecule has 0 aliphatic rings. The Bertz CT molecular complexity index is 497. The van der Waals surface area contributed by atoms with Crippen LogP contribution in [0, 0.1) is 10.1 Å². The molecule has 0 unspecified atom stereocenters. The molecule has 0 fully saturated rings. The first-order chi connectivity index (χ1) is 7.77. The van der Waals surface area contributed by atoms with Crippen molar-refractivity contribution in [1.29, 1.82) is 0 Å². The largest absolute Gasteiger partial charge is 0.291 e. The summed E-state index contributed by atoms with van der Waals surface area (Å²) >= 11 is 0. The molecule has 0 atom stereocenters. The standard InChI is InChI=1S/C12H10N2O2/c15-14(16)12-7-4-8-13-11(12)9-10-5-2-1-3-6-10/h1-8H,9H2. The summed E-state index contributed by atoms with van der Waals surface area (Å²) in [6.45, 7) is 0. The van der Waals surface area contributed by atoms with Gasteiger partial charge in [0, 0.05) is 18.7 Å². The zero-order valence-electron chi connectivity index (χ0n) is 8.54. The summed E-state index contributed by atoms with van der Waals surface area (Å²) in [5.41, 5.74) is 1.59. The number of hydrogen-bond acceptors (Lipinski definition) is 3. The molecule has 1 aromatic heterocycles. The van der Waals surface area contributed by atoms with Crippen molar-refractivity contribution in [2.45, 2.75) is 6.42 Å². The molecule has 0 radical (unpaired) electrons. The van der Waals surface area contributed by atoms with Gasteiger partial charge in [0.15, 0.2) is 0 Å². The lowest BCUT2D eigenvalue weighted by molar-refractivity contribution is -0.385. The van der Waals surface area contributed by atoms with Gasteiger partial charge in [0.2, 0.25) is 0 Å². The van der Waals surface area contributed by atoms with Crippen molar-refractivity contribution in [1.82, 2.24) is 4.98 Å². The van der Waals surface area contributed by atoms with Crippen LogP contribution in [-0.2, 0) is 6.42 Å². The number of aromatic nitrogens is 1. The zero-order valence-corrected chi connectivity index (χ0v) is 8.54. The van der Waals surface area contributed by atoms with Gasteiger partial charge in [0.25, 0.3) is 5.69 Å². The minimum Gasteiger partial charge on any atom is -0.258 e. The Morgan fingerprint density at radius 1 is 1.12 bits per heavy atom. The molecule has 80 valence electrons. The van der Waals surface area contributed by atoms with E-state index in [4.69, 9.17) is 0 Å². The van der Waals surface area contributed by atoms with E-state index in [-0.39, 0.29) is 5.69 Å². The summed E-state index contributed by atoms with van der Waals surface area (Å²) < 4.78 is 0. The van der Waals surface area contributed by atoms with Crippen LogP contribution in [0.25, 0.3) is 0 Å². The van der Waals surface area contributed by atoms with E-state index in [1.165, 1.54) is 6.07 Å². The normalized spacial score (nSPS) is 10.0. The predicted octanol–water partition coefficient (Wildman–Crippen LogP) is 2.58. The quantitative estimate of drug-likeness (QED) is 0.582. The van der Waals surface area contributed by atoms with Crippen molar-refractivity contribution in [2.24, 2.45) is 0 Å². The van der Waals surface area contributed by atoms with Crippen molar-refractivity contribution in [3.8, 4) is 0 Å². The van der Waals surface area contributed by atoms with Crippen LogP contribution in [0.4, 0.5) is 5.69 Å². The average molecular weight is 214 g/mol. The van der Waals surface area contributed by atoms with Gasteiger partial charge < -0.3 is 0 Å². The molecule has 0 spiro atoms. The van der Waals surface area contributed by atoms with Crippen LogP contribution < -0.4 is 0 Å². The van der Waals surface area contributed by atoms with Gasteiger partial charge >= 0.3 is 0 Å². The maximum absolute atomic E-state index is 10.8. The van der Waals surface area contributed by atoms with E-state index in [1.807, 2.05) is 30.3 Å². The number of hydrogen-bond donors (Lipinski definition) is 0. The molecule has 16 heavy (non-hydrogen) atoms. The van der Waals surface area contributed by atoms with Crippen molar-refractivity contribution < 1.29 is 4.92 Å². The summed E-state index contributed by atoms with van der Waals surface area (Å²) in [4.78, 5) is 14.4. The van der Waals surface area contributed by atoms with E-state index in [9.17, 15) is 10.1 Å². The van der Waals surface area contributed by atoms with E-state index in [2.05, 4.69) is 4.98 Å². The van der Waals surface area contributed by atoms with E-state index in [1.54, 1.807) is 12.3 Å². The van der Waals surface area contributed by atoms with Crippen LogP contribution in [0.1, 0.15) is 11.3 Å². The van der Waals surface area contributed by atoms with E-state index >= 15 is 0 Å². The molecule has 0 saturated carbocycles. The minimum atomic E-state index is -0.398. The summed E-state index contributed by atoms with van der Waals surface area (Å²) in [6, 6.07) is 12.6. The van der Waals surface area contributed by atoms with Crippen LogP contribution in [0.3, 0.4) is 0 Å². The second-order valence-corrected chi connectivity index (χ2v) is 3.39. The van der Waals surface area contributed by atoms with Crippen LogP contribution >= 0.6 is 0 Å². The van der Waals surface area contributed by atoms with Gasteiger partial charge in [-0.1, -0.05) is 30.3 Å². The Morgan fingerprint density at radius 3 is 2.56 bits per heavy atom. The second kappa shape index (κ2) is 4.53. The number of nitrogens with zero attached hydrogens (tertiary/aromatic N) is 2. The molecule has 0 saturated heterocycles. The molecule has 0 N–H and O–H groups in total. The van der Waals surface area contributed by atoms with Gasteiger partial charge in [-0.3, -0.25) is 15.1 Å². The fraction of sp³-hybridized carbons (Fsp3) is 0.0833. The molecule has 2 rings (SSSR count). The first-order valence-corrected chi connectivity index (χ1v) is 4.89. The van der Waals surface area contributed by atoms with E-state index < -0.39 is 4.92 Å². The Hall–Kier alpha value is -2.23. The summed E-state index contributed by atoms with van der Waals surface area (Å²) in [7, 11) is 0. The molecule has 2 aromatic rings. The van der Waals surface area contributed by atoms with Gasteiger partial charge in [-0.15, -0.1) is 0 Å². The monoisotopic (exact) mass is 214 g/mol. The third-order valence-corrected chi connectivity index (χ3v) is 2.28. The highest BCUT2D eigenvalue weighted by molar-refractivity contribution is 5.37. The average Bonchev–Trinajstić information content (AvgIpc) is 2.31. The third-order valence-electron chi connectivity index (χ3n) is 2.28. The molecule has 4 heteroatoms. The third kappa shape index (κ3) is 2.23. The molecule has 0 aliphatic heterocycles. The molecule has 0 bridgehead atoms. The molecule has 4 nitrogen and oxygen atoms in total. The first-order valence-electron chi connectivity index (χ1n) is 4.89. The van der Waals surface area contributed by atoms with Gasteiger partial charge in [-0.2, -0.15) is 0 Å². The lowest BCUT2D eigenvalue weighted by atomic mass is 10.1. The minimum absolute atomic E-state index is 0.0753. The summed E-state index contributed by atoms with van der Waals surface area (Å²) in [6.07, 6.45) is 2.06. The van der Waals surface area contributed by atoms with Gasteiger partial charge in [0.1, 0.15) is 5.69 Å². The van der Waals surface area contributed by atoms with Crippen LogP contribution in [0.2, 0.25) is 0 Å². The second-order valence-electron chi connectivity index (χ2n) is 3.39. The van der Waals surface area contributed by atoms with Crippen molar-refractivity contribution in [2.75, 3.05) is 0 Å². The number of nitro groups is 1. The van der Waals surface area contributed by atoms with Gasteiger partial charge in [-0.25, -0.2) is 0 Å². The highest BCUT2D eigenvalue weighted by Crippen LogP contribution is 2.18. The highest BCUT2D eigenvalue weighted by Gasteiger charge is 2.13. The zero-order chi connectivity index (χ0) is 11.4. The smallest absolute Gasteiger partial charge is 0.258 e. The Labute approximate surface area is 92.7 Å². The van der Waals surface area contributed by atoms with Crippen molar-refractivity contribution in [3.63, 3.8) is 0 Å². The molecule has 0 aliphatic carbocycles. The van der Waals surface area contributed by atoms with Gasteiger partial charge in [-0.05, 0) is 11.6 Å². The van der Waals surface area contributed by atoms with E-state index in [0.717, 1.165) is 5.56 Å². The fourth-order valence-corrected chi connectivity index (χ4v) is 1.52. The fourth-order valence-electron chi connectivity index (χ4n) is 1.52. The topological polar surface area (TPSA) is 56.0 Å². The summed E-state index contributed by atoms with van der Waals surface area (Å²) in [5, 5.41) is 10.8. The maximum atomic E-state index is 10.8. The molecule has 0 amide bonds. The first kappa shape index (κ1) is 10.3. The Balaban J connectivity index is 2.31. The number of pyridine rings is 1. The van der Waals surface area contributed by atoms with E-state index in [0.29, 0.717) is 12.1 Å². The SMILES string of the molecule is O=[N+]([O-])c1cccnc1Cc1ccccc1. The molecule has 1 aromatic carbocycles. The molecule has 1 heterocycles. The van der Waals surface area contributed by atoms with Gasteiger partial charge in [0.05, 0.1) is 4.92 Å². The van der Waals surface area contributed by atoms with Crippen LogP contribution in [0.15, 0.2) is 48.7 Å². The van der Waals surface area contributed by atoms with Crippen molar-refractivity contribution in [3.05, 3.63) is 70.0 Å². The number of benzene rings is 1. The lowest BCUT2D eigenvalue weighted by Crippen LogP contribution is -1.98. The highest BCUT2D eigenvalue weighted by atomic mass is 16.6.